The molecule has 4 heteroatoms. The maximum Gasteiger partial charge on any atom is 0.224 e. The predicted octanol–water partition coefficient (Wildman–Crippen LogP) is 2.44. The van der Waals surface area contributed by atoms with Gasteiger partial charge in [0.05, 0.1) is 0 Å². The van der Waals surface area contributed by atoms with Crippen LogP contribution >= 0.6 is 12.6 Å². The number of ether oxygens (including phenoxy) is 1. The van der Waals surface area contributed by atoms with Gasteiger partial charge in [0.2, 0.25) is 5.91 Å². The fourth-order valence-corrected chi connectivity index (χ4v) is 1.77. The van der Waals surface area contributed by atoms with Gasteiger partial charge in [-0.15, -0.1) is 0 Å². The van der Waals surface area contributed by atoms with Crippen LogP contribution in [0, 0.1) is 0 Å². The quantitative estimate of drug-likeness (QED) is 0.635. The normalized spacial score (nSPS) is 13.8. The molecule has 90 valence electrons. The molecule has 1 aromatic carbocycles. The van der Waals surface area contributed by atoms with Crippen LogP contribution in [0.3, 0.4) is 0 Å². The molecule has 0 radical (unpaired) electrons. The van der Waals surface area contributed by atoms with Crippen LogP contribution in [0.15, 0.2) is 30.4 Å². The monoisotopic (exact) mass is 249 g/mol. The van der Waals surface area contributed by atoms with E-state index < -0.39 is 0 Å². The lowest BCUT2D eigenvalue weighted by Crippen LogP contribution is -2.18. The van der Waals surface area contributed by atoms with Crippen molar-refractivity contribution in [3.8, 4) is 5.75 Å². The standard InChI is InChI=1S/C13H15NO2S/c1-9(8-17)7-16-11-3-4-12-10(6-11)2-5-13(15)14-12/h3-4,6,17H,1-2,5,7-8H2,(H,14,15). The molecule has 1 aromatic rings. The van der Waals surface area contributed by atoms with E-state index >= 15 is 0 Å². The van der Waals surface area contributed by atoms with Crippen molar-refractivity contribution in [2.24, 2.45) is 0 Å². The van der Waals surface area contributed by atoms with Gasteiger partial charge in [-0.3, -0.25) is 4.79 Å². The number of thiol groups is 1. The number of anilines is 1. The number of carbonyl (C=O) groups is 1. The molecular formula is C13H15NO2S. The summed E-state index contributed by atoms with van der Waals surface area (Å²) in [6, 6.07) is 5.71. The van der Waals surface area contributed by atoms with Crippen molar-refractivity contribution < 1.29 is 9.53 Å². The van der Waals surface area contributed by atoms with Crippen LogP contribution < -0.4 is 10.1 Å². The van der Waals surface area contributed by atoms with Gasteiger partial charge in [-0.1, -0.05) is 6.58 Å². The lowest BCUT2D eigenvalue weighted by Gasteiger charge is -2.17. The predicted molar refractivity (Wildman–Crippen MR) is 71.9 cm³/mol. The summed E-state index contributed by atoms with van der Waals surface area (Å²) in [5.74, 6) is 1.51. The highest BCUT2D eigenvalue weighted by atomic mass is 32.1. The van der Waals surface area contributed by atoms with E-state index in [0.717, 1.165) is 29.0 Å². The zero-order valence-electron chi connectivity index (χ0n) is 9.53. The second-order valence-corrected chi connectivity index (χ2v) is 4.38. The van der Waals surface area contributed by atoms with Gasteiger partial charge in [0.15, 0.2) is 0 Å². The van der Waals surface area contributed by atoms with Crippen LogP contribution in [0.4, 0.5) is 5.69 Å². The average Bonchev–Trinajstić information content (AvgIpc) is 2.35. The Morgan fingerprint density at radius 3 is 3.06 bits per heavy atom. The minimum absolute atomic E-state index is 0.0784. The molecule has 0 aliphatic carbocycles. The summed E-state index contributed by atoms with van der Waals surface area (Å²) >= 11 is 4.12. The van der Waals surface area contributed by atoms with E-state index in [1.54, 1.807) is 0 Å². The van der Waals surface area contributed by atoms with Gasteiger partial charge >= 0.3 is 0 Å². The van der Waals surface area contributed by atoms with E-state index in [1.807, 2.05) is 18.2 Å². The van der Waals surface area contributed by atoms with Gasteiger partial charge < -0.3 is 10.1 Å². The Morgan fingerprint density at radius 1 is 1.47 bits per heavy atom. The molecule has 0 atom stereocenters. The number of fused-ring (bicyclic) bond motifs is 1. The zero-order valence-corrected chi connectivity index (χ0v) is 10.4. The number of benzene rings is 1. The molecule has 17 heavy (non-hydrogen) atoms. The van der Waals surface area contributed by atoms with Crippen molar-refractivity contribution >= 4 is 24.2 Å². The largest absolute Gasteiger partial charge is 0.489 e. The molecular weight excluding hydrogens is 234 g/mol. The zero-order chi connectivity index (χ0) is 12.3. The summed E-state index contributed by atoms with van der Waals surface area (Å²) in [4.78, 5) is 11.2. The second-order valence-electron chi connectivity index (χ2n) is 4.06. The molecule has 1 aliphatic heterocycles. The molecule has 1 N–H and O–H groups in total. The molecule has 1 heterocycles. The Hall–Kier alpha value is -1.42. The molecule has 0 spiro atoms. The van der Waals surface area contributed by atoms with E-state index in [-0.39, 0.29) is 5.91 Å². The second kappa shape index (κ2) is 5.27. The minimum Gasteiger partial charge on any atom is -0.489 e. The van der Waals surface area contributed by atoms with Crippen molar-refractivity contribution in [3.05, 3.63) is 35.9 Å². The SMILES string of the molecule is C=C(CS)COc1ccc2c(c1)CCC(=O)N2. The van der Waals surface area contributed by atoms with Crippen molar-refractivity contribution in [2.75, 3.05) is 17.7 Å². The van der Waals surface area contributed by atoms with E-state index in [1.165, 1.54) is 0 Å². The number of carbonyl (C=O) groups excluding carboxylic acids is 1. The highest BCUT2D eigenvalue weighted by Crippen LogP contribution is 2.26. The fraction of sp³-hybridized carbons (Fsp3) is 0.308. The molecule has 3 nitrogen and oxygen atoms in total. The van der Waals surface area contributed by atoms with E-state index in [2.05, 4.69) is 24.5 Å². The summed E-state index contributed by atoms with van der Waals surface area (Å²) in [5, 5.41) is 2.84. The van der Waals surface area contributed by atoms with Gasteiger partial charge in [-0.25, -0.2) is 0 Å². The van der Waals surface area contributed by atoms with Gasteiger partial charge in [-0.05, 0) is 35.8 Å². The molecule has 0 fully saturated rings. The Balaban J connectivity index is 2.06. The summed E-state index contributed by atoms with van der Waals surface area (Å²) in [6.45, 7) is 4.31. The van der Waals surface area contributed by atoms with E-state index in [4.69, 9.17) is 4.74 Å². The number of amides is 1. The van der Waals surface area contributed by atoms with Crippen molar-refractivity contribution in [3.63, 3.8) is 0 Å². The maximum absolute atomic E-state index is 11.2. The lowest BCUT2D eigenvalue weighted by molar-refractivity contribution is -0.116. The number of rotatable bonds is 4. The Kier molecular flexibility index (Phi) is 3.74. The number of aryl methyl sites for hydroxylation is 1. The third-order valence-corrected chi connectivity index (χ3v) is 3.09. The van der Waals surface area contributed by atoms with Crippen molar-refractivity contribution in [1.29, 1.82) is 0 Å². The minimum atomic E-state index is 0.0784. The summed E-state index contributed by atoms with van der Waals surface area (Å²) in [6.07, 6.45) is 1.31. The first-order valence-corrected chi connectivity index (χ1v) is 6.15. The first kappa shape index (κ1) is 12.0. The lowest BCUT2D eigenvalue weighted by atomic mass is 10.0. The fourth-order valence-electron chi connectivity index (χ4n) is 1.68. The van der Waals surface area contributed by atoms with Crippen LogP contribution in [-0.2, 0) is 11.2 Å². The summed E-state index contributed by atoms with van der Waals surface area (Å²) in [5.41, 5.74) is 2.96. The number of nitrogens with one attached hydrogen (secondary N) is 1. The van der Waals surface area contributed by atoms with Gasteiger partial charge in [0.1, 0.15) is 12.4 Å². The van der Waals surface area contributed by atoms with Crippen molar-refractivity contribution in [1.82, 2.24) is 0 Å². The molecule has 1 aliphatic rings. The summed E-state index contributed by atoms with van der Waals surface area (Å²) in [7, 11) is 0. The Bertz CT molecular complexity index is 457. The van der Waals surface area contributed by atoms with Crippen LogP contribution in [0.5, 0.6) is 5.75 Å². The summed E-state index contributed by atoms with van der Waals surface area (Å²) < 4.78 is 5.59. The van der Waals surface area contributed by atoms with Crippen molar-refractivity contribution in [2.45, 2.75) is 12.8 Å². The highest BCUT2D eigenvalue weighted by molar-refractivity contribution is 7.80. The highest BCUT2D eigenvalue weighted by Gasteiger charge is 2.14. The molecule has 1 amide bonds. The topological polar surface area (TPSA) is 38.3 Å². The van der Waals surface area contributed by atoms with E-state index in [0.29, 0.717) is 18.8 Å². The third kappa shape index (κ3) is 3.03. The molecule has 0 aromatic heterocycles. The van der Waals surface area contributed by atoms with E-state index in [9.17, 15) is 4.79 Å². The number of hydrogen-bond donors (Lipinski definition) is 2. The number of hydrogen-bond acceptors (Lipinski definition) is 3. The first-order chi connectivity index (χ1) is 8.19. The van der Waals surface area contributed by atoms with Crippen LogP contribution in [0.25, 0.3) is 0 Å². The van der Waals surface area contributed by atoms with Gasteiger partial charge in [0.25, 0.3) is 0 Å². The third-order valence-electron chi connectivity index (χ3n) is 2.64. The van der Waals surface area contributed by atoms with Crippen LogP contribution in [0.1, 0.15) is 12.0 Å². The van der Waals surface area contributed by atoms with Gasteiger partial charge in [-0.2, -0.15) is 12.6 Å². The Labute approximate surface area is 106 Å². The molecule has 0 unspecified atom stereocenters. The molecule has 2 rings (SSSR count). The molecule has 0 bridgehead atoms. The molecule has 0 saturated heterocycles. The first-order valence-electron chi connectivity index (χ1n) is 5.52. The Morgan fingerprint density at radius 2 is 2.29 bits per heavy atom. The maximum atomic E-state index is 11.2. The average molecular weight is 249 g/mol. The van der Waals surface area contributed by atoms with Crippen LogP contribution in [0.2, 0.25) is 0 Å². The van der Waals surface area contributed by atoms with Crippen LogP contribution in [-0.4, -0.2) is 18.3 Å². The smallest absolute Gasteiger partial charge is 0.224 e. The van der Waals surface area contributed by atoms with Gasteiger partial charge in [0, 0.05) is 17.9 Å². The molecule has 0 saturated carbocycles.